The SMILES string of the molecule is CC(C)CC(NC(=O)C(Cc1cnc[nH]1)NC(=O)C(CCC(=O)O)NC(=O)C(N)CC(N)=O)C(=O)O. The molecule has 0 bridgehead atoms. The van der Waals surface area contributed by atoms with Gasteiger partial charge in [-0.05, 0) is 18.8 Å². The Morgan fingerprint density at radius 2 is 1.56 bits per heavy atom. The number of nitrogens with zero attached hydrogens (tertiary/aromatic N) is 1. The van der Waals surface area contributed by atoms with Crippen molar-refractivity contribution in [2.75, 3.05) is 0 Å². The van der Waals surface area contributed by atoms with E-state index in [0.717, 1.165) is 0 Å². The van der Waals surface area contributed by atoms with E-state index in [1.165, 1.54) is 12.5 Å². The predicted octanol–water partition coefficient (Wildman–Crippen LogP) is -2.40. The van der Waals surface area contributed by atoms with Crippen LogP contribution in [-0.2, 0) is 35.2 Å². The third-order valence-electron chi connectivity index (χ3n) is 4.97. The molecule has 0 aliphatic carbocycles. The van der Waals surface area contributed by atoms with Crippen LogP contribution in [0, 0.1) is 5.92 Å². The Labute approximate surface area is 206 Å². The van der Waals surface area contributed by atoms with E-state index in [2.05, 4.69) is 25.9 Å². The minimum atomic E-state index is -1.42. The number of carbonyl (C=O) groups excluding carboxylic acids is 4. The number of nitrogens with two attached hydrogens (primary N) is 2. The average Bonchev–Trinajstić information content (AvgIpc) is 3.27. The number of amides is 4. The van der Waals surface area contributed by atoms with Gasteiger partial charge in [-0.2, -0.15) is 0 Å². The van der Waals surface area contributed by atoms with Gasteiger partial charge >= 0.3 is 11.9 Å². The summed E-state index contributed by atoms with van der Waals surface area (Å²) in [5.41, 5.74) is 11.1. The summed E-state index contributed by atoms with van der Waals surface area (Å²) in [6.45, 7) is 3.56. The summed E-state index contributed by atoms with van der Waals surface area (Å²) >= 11 is 0. The first-order valence-electron chi connectivity index (χ1n) is 11.2. The summed E-state index contributed by atoms with van der Waals surface area (Å²) < 4.78 is 0. The van der Waals surface area contributed by atoms with Crippen LogP contribution in [0.25, 0.3) is 0 Å². The fraction of sp³-hybridized carbons (Fsp3) is 0.571. The Kier molecular flexibility index (Phi) is 12.0. The Balaban J connectivity index is 3.09. The second-order valence-electron chi connectivity index (χ2n) is 8.64. The predicted molar refractivity (Wildman–Crippen MR) is 124 cm³/mol. The van der Waals surface area contributed by atoms with Gasteiger partial charge in [-0.15, -0.1) is 0 Å². The fourth-order valence-electron chi connectivity index (χ4n) is 3.19. The van der Waals surface area contributed by atoms with Crippen LogP contribution in [0.3, 0.4) is 0 Å². The first-order valence-corrected chi connectivity index (χ1v) is 11.2. The minimum Gasteiger partial charge on any atom is -0.481 e. The lowest BCUT2D eigenvalue weighted by Gasteiger charge is -2.25. The van der Waals surface area contributed by atoms with Crippen molar-refractivity contribution in [3.8, 4) is 0 Å². The summed E-state index contributed by atoms with van der Waals surface area (Å²) in [6.07, 6.45) is 1.43. The van der Waals surface area contributed by atoms with Crippen molar-refractivity contribution in [2.24, 2.45) is 17.4 Å². The molecular formula is C21H33N7O8. The zero-order valence-corrected chi connectivity index (χ0v) is 20.0. The van der Waals surface area contributed by atoms with Crippen molar-refractivity contribution in [3.05, 3.63) is 18.2 Å². The molecule has 0 aliphatic rings. The van der Waals surface area contributed by atoms with Crippen LogP contribution in [0.2, 0.25) is 0 Å². The van der Waals surface area contributed by atoms with Crippen LogP contribution >= 0.6 is 0 Å². The Bertz CT molecular complexity index is 935. The molecule has 1 aromatic rings. The second-order valence-corrected chi connectivity index (χ2v) is 8.64. The third kappa shape index (κ3) is 10.9. The van der Waals surface area contributed by atoms with Crippen LogP contribution in [0.15, 0.2) is 12.5 Å². The molecule has 4 amide bonds. The molecule has 0 radical (unpaired) electrons. The first kappa shape index (κ1) is 30.0. The lowest BCUT2D eigenvalue weighted by atomic mass is 10.0. The maximum absolute atomic E-state index is 13.0. The number of imidazole rings is 1. The molecule has 0 aliphatic heterocycles. The molecule has 4 atom stereocenters. The number of aliphatic carboxylic acids is 2. The maximum Gasteiger partial charge on any atom is 0.326 e. The number of carboxylic acids is 2. The van der Waals surface area contributed by atoms with Gasteiger partial charge in [0, 0.05) is 24.7 Å². The van der Waals surface area contributed by atoms with Gasteiger partial charge in [0.1, 0.15) is 18.1 Å². The van der Waals surface area contributed by atoms with E-state index >= 15 is 0 Å². The molecule has 4 unspecified atom stereocenters. The van der Waals surface area contributed by atoms with Gasteiger partial charge in [0.25, 0.3) is 0 Å². The summed E-state index contributed by atoms with van der Waals surface area (Å²) in [6, 6.07) is -5.31. The minimum absolute atomic E-state index is 0.0488. The zero-order chi connectivity index (χ0) is 27.4. The standard InChI is InChI=1S/C21H33N7O8/c1-10(2)5-15(21(35)36)28-20(34)14(6-11-8-24-9-25-11)27-19(33)13(3-4-17(30)31)26-18(32)12(22)7-16(23)29/h8-10,12-15H,3-7,22H2,1-2H3,(H2,23,29)(H,24,25)(H,26,32)(H,27,33)(H,28,34)(H,30,31)(H,35,36). The highest BCUT2D eigenvalue weighted by atomic mass is 16.4. The summed E-state index contributed by atoms with van der Waals surface area (Å²) in [5, 5.41) is 25.6. The van der Waals surface area contributed by atoms with Gasteiger partial charge in [0.2, 0.25) is 23.6 Å². The molecule has 0 spiro atoms. The molecular weight excluding hydrogens is 478 g/mol. The topological polar surface area (TPSA) is 260 Å². The molecule has 36 heavy (non-hydrogen) atoms. The summed E-state index contributed by atoms with van der Waals surface area (Å²) in [4.78, 5) is 78.6. The van der Waals surface area contributed by atoms with E-state index in [1.54, 1.807) is 13.8 Å². The largest absolute Gasteiger partial charge is 0.481 e. The highest BCUT2D eigenvalue weighted by Crippen LogP contribution is 2.08. The normalized spacial score (nSPS) is 14.2. The molecule has 10 N–H and O–H groups in total. The number of rotatable bonds is 16. The number of H-pyrrole nitrogens is 1. The van der Waals surface area contributed by atoms with Gasteiger partial charge < -0.3 is 42.6 Å². The van der Waals surface area contributed by atoms with Crippen LogP contribution in [0.4, 0.5) is 0 Å². The second kappa shape index (κ2) is 14.4. The smallest absolute Gasteiger partial charge is 0.326 e. The molecule has 200 valence electrons. The van der Waals surface area contributed by atoms with Gasteiger partial charge in [-0.25, -0.2) is 9.78 Å². The van der Waals surface area contributed by atoms with Gasteiger partial charge in [0.05, 0.1) is 18.8 Å². The molecule has 1 aromatic heterocycles. The molecule has 0 saturated carbocycles. The molecule has 15 heteroatoms. The van der Waals surface area contributed by atoms with Crippen molar-refractivity contribution in [3.63, 3.8) is 0 Å². The molecule has 0 aromatic carbocycles. The Morgan fingerprint density at radius 1 is 0.972 bits per heavy atom. The number of primary amides is 1. The monoisotopic (exact) mass is 511 g/mol. The number of aromatic nitrogens is 2. The molecule has 1 rings (SSSR count). The van der Waals surface area contributed by atoms with Crippen LogP contribution < -0.4 is 27.4 Å². The number of nitrogens with one attached hydrogen (secondary N) is 4. The van der Waals surface area contributed by atoms with Crippen LogP contribution in [0.1, 0.15) is 45.2 Å². The van der Waals surface area contributed by atoms with Gasteiger partial charge in [-0.1, -0.05) is 13.8 Å². The molecule has 1 heterocycles. The van der Waals surface area contributed by atoms with Crippen LogP contribution in [0.5, 0.6) is 0 Å². The Hall–Kier alpha value is -4.01. The number of hydrogen-bond donors (Lipinski definition) is 8. The summed E-state index contributed by atoms with van der Waals surface area (Å²) in [5.74, 6) is -6.03. The number of hydrogen-bond acceptors (Lipinski definition) is 8. The van der Waals surface area contributed by atoms with Crippen molar-refractivity contribution in [1.82, 2.24) is 25.9 Å². The number of carboxylic acid groups (broad SMARTS) is 2. The number of carbonyl (C=O) groups is 6. The fourth-order valence-corrected chi connectivity index (χ4v) is 3.19. The van der Waals surface area contributed by atoms with Crippen molar-refractivity contribution in [1.29, 1.82) is 0 Å². The van der Waals surface area contributed by atoms with Gasteiger partial charge in [0.15, 0.2) is 0 Å². The third-order valence-corrected chi connectivity index (χ3v) is 4.97. The number of aromatic amines is 1. The van der Waals surface area contributed by atoms with Gasteiger partial charge in [-0.3, -0.25) is 24.0 Å². The van der Waals surface area contributed by atoms with E-state index in [4.69, 9.17) is 16.6 Å². The summed E-state index contributed by atoms with van der Waals surface area (Å²) in [7, 11) is 0. The quantitative estimate of drug-likeness (QED) is 0.117. The molecule has 0 fully saturated rings. The molecule has 0 saturated heterocycles. The van der Waals surface area contributed by atoms with E-state index in [-0.39, 0.29) is 25.2 Å². The highest BCUT2D eigenvalue weighted by molar-refractivity contribution is 5.95. The van der Waals surface area contributed by atoms with E-state index in [0.29, 0.717) is 5.69 Å². The highest BCUT2D eigenvalue weighted by Gasteiger charge is 2.31. The zero-order valence-electron chi connectivity index (χ0n) is 20.0. The average molecular weight is 512 g/mol. The lowest BCUT2D eigenvalue weighted by molar-refractivity contribution is -0.142. The maximum atomic E-state index is 13.0. The van der Waals surface area contributed by atoms with Crippen molar-refractivity contribution < 1.29 is 39.0 Å². The van der Waals surface area contributed by atoms with Crippen LogP contribution in [-0.4, -0.2) is 79.9 Å². The Morgan fingerprint density at radius 3 is 2.06 bits per heavy atom. The first-order chi connectivity index (χ1) is 16.8. The van der Waals surface area contributed by atoms with Crippen molar-refractivity contribution >= 4 is 35.6 Å². The molecule has 15 nitrogen and oxygen atoms in total. The van der Waals surface area contributed by atoms with E-state index in [1.807, 2.05) is 0 Å². The van der Waals surface area contributed by atoms with E-state index in [9.17, 15) is 33.9 Å². The lowest BCUT2D eigenvalue weighted by Crippen LogP contribution is -2.58. The van der Waals surface area contributed by atoms with Crippen molar-refractivity contribution in [2.45, 2.75) is 70.1 Å². The van der Waals surface area contributed by atoms with E-state index < -0.39 is 72.6 Å².